The third-order valence-corrected chi connectivity index (χ3v) is 6.61. The predicted molar refractivity (Wildman–Crippen MR) is 94.6 cm³/mol. The fraction of sp³-hybridized carbons (Fsp3) is 0.500. The van der Waals surface area contributed by atoms with Gasteiger partial charge in [-0.2, -0.15) is 4.58 Å². The maximum absolute atomic E-state index is 13.0. The number of carbonyl (C=O) groups is 1. The number of fused-ring (bicyclic) bond motifs is 1. The van der Waals surface area contributed by atoms with Crippen LogP contribution in [0.5, 0.6) is 0 Å². The molecule has 126 valence electrons. The lowest BCUT2D eigenvalue weighted by Gasteiger charge is -2.20. The number of urea groups is 1. The van der Waals surface area contributed by atoms with Gasteiger partial charge in [-0.05, 0) is 44.0 Å². The van der Waals surface area contributed by atoms with Crippen LogP contribution < -0.4 is 18.1 Å². The third-order valence-electron chi connectivity index (χ3n) is 4.24. The second-order valence-corrected chi connectivity index (χ2v) is 9.37. The van der Waals surface area contributed by atoms with Gasteiger partial charge in [-0.1, -0.05) is 29.8 Å². The molecule has 2 aliphatic heterocycles. The van der Waals surface area contributed by atoms with Gasteiger partial charge in [0.2, 0.25) is 5.84 Å². The van der Waals surface area contributed by atoms with E-state index in [1.165, 1.54) is 0 Å². The van der Waals surface area contributed by atoms with E-state index in [0.717, 1.165) is 10.2 Å². The van der Waals surface area contributed by atoms with Crippen LogP contribution in [0.2, 0.25) is 0 Å². The SMILES string of the molecule is CC(C)C1SC(C)(C)C2C(N)=[N+](c3ccc(Br)cc3)C(=O)N12.[Cl-]. The van der Waals surface area contributed by atoms with Crippen LogP contribution in [0.3, 0.4) is 0 Å². The Bertz CT molecular complexity index is 660. The van der Waals surface area contributed by atoms with E-state index in [2.05, 4.69) is 43.6 Å². The van der Waals surface area contributed by atoms with E-state index in [-0.39, 0.29) is 34.6 Å². The Hall–Kier alpha value is -0.720. The van der Waals surface area contributed by atoms with Crippen molar-refractivity contribution < 1.29 is 21.8 Å². The van der Waals surface area contributed by atoms with E-state index < -0.39 is 0 Å². The van der Waals surface area contributed by atoms with Crippen LogP contribution in [-0.2, 0) is 0 Å². The molecule has 0 radical (unpaired) electrons. The highest BCUT2D eigenvalue weighted by molar-refractivity contribution is 9.10. The minimum absolute atomic E-state index is 0. The molecule has 2 amide bonds. The van der Waals surface area contributed by atoms with Crippen molar-refractivity contribution in [1.29, 1.82) is 0 Å². The second-order valence-electron chi connectivity index (χ2n) is 6.68. The molecule has 2 atom stereocenters. The smallest absolute Gasteiger partial charge is 0.445 e. The van der Waals surface area contributed by atoms with E-state index in [9.17, 15) is 4.79 Å². The Morgan fingerprint density at radius 2 is 1.87 bits per heavy atom. The van der Waals surface area contributed by atoms with Gasteiger partial charge >= 0.3 is 6.03 Å². The van der Waals surface area contributed by atoms with Crippen molar-refractivity contribution in [2.24, 2.45) is 11.7 Å². The summed E-state index contributed by atoms with van der Waals surface area (Å²) in [6, 6.07) is 7.63. The minimum atomic E-state index is -0.0845. The zero-order chi connectivity index (χ0) is 16.2. The molecule has 0 spiro atoms. The first kappa shape index (κ1) is 18.6. The molecular formula is C16H21BrClN3OS. The highest BCUT2D eigenvalue weighted by Crippen LogP contribution is 2.49. The fourth-order valence-corrected chi connectivity index (χ4v) is 5.13. The molecule has 2 N–H and O–H groups in total. The van der Waals surface area contributed by atoms with Gasteiger partial charge in [0.15, 0.2) is 6.04 Å². The van der Waals surface area contributed by atoms with E-state index >= 15 is 0 Å². The van der Waals surface area contributed by atoms with Crippen LogP contribution in [0.4, 0.5) is 10.5 Å². The molecule has 2 heterocycles. The van der Waals surface area contributed by atoms with Gasteiger partial charge in [-0.15, -0.1) is 11.8 Å². The molecule has 1 aromatic carbocycles. The normalized spacial score (nSPS) is 25.8. The van der Waals surface area contributed by atoms with Crippen molar-refractivity contribution in [3.63, 3.8) is 0 Å². The molecule has 0 bridgehead atoms. The van der Waals surface area contributed by atoms with Gasteiger partial charge in [-0.3, -0.25) is 0 Å². The molecule has 4 nitrogen and oxygen atoms in total. The Balaban J connectivity index is 0.00000192. The van der Waals surface area contributed by atoms with Crippen molar-refractivity contribution in [3.05, 3.63) is 28.7 Å². The summed E-state index contributed by atoms with van der Waals surface area (Å²) in [4.78, 5) is 15.0. The van der Waals surface area contributed by atoms with Crippen LogP contribution in [-0.4, -0.2) is 37.5 Å². The number of benzene rings is 1. The lowest BCUT2D eigenvalue weighted by molar-refractivity contribution is -0.333. The number of hydrogen-bond acceptors (Lipinski definition) is 3. The molecule has 1 fully saturated rings. The molecule has 2 aliphatic rings. The predicted octanol–water partition coefficient (Wildman–Crippen LogP) is 0.766. The van der Waals surface area contributed by atoms with Crippen LogP contribution in [0.15, 0.2) is 28.7 Å². The summed E-state index contributed by atoms with van der Waals surface area (Å²) in [5.41, 5.74) is 7.24. The van der Waals surface area contributed by atoms with E-state index in [0.29, 0.717) is 11.8 Å². The topological polar surface area (TPSA) is 49.3 Å². The van der Waals surface area contributed by atoms with Crippen molar-refractivity contribution in [2.75, 3.05) is 0 Å². The summed E-state index contributed by atoms with van der Waals surface area (Å²) in [6.45, 7) is 8.65. The largest absolute Gasteiger partial charge is 1.00 e. The number of amidine groups is 1. The number of amides is 2. The molecule has 23 heavy (non-hydrogen) atoms. The number of carbonyl (C=O) groups excluding carboxylic acids is 1. The summed E-state index contributed by atoms with van der Waals surface area (Å²) >= 11 is 5.27. The van der Waals surface area contributed by atoms with Crippen molar-refractivity contribution >= 4 is 45.2 Å². The summed E-state index contributed by atoms with van der Waals surface area (Å²) in [6.07, 6.45) is 0. The third kappa shape index (κ3) is 2.89. The first-order chi connectivity index (χ1) is 10.2. The molecule has 1 aromatic rings. The number of hydrogen-bond donors (Lipinski definition) is 1. The standard InChI is InChI=1S/C16H20BrN3OS.ClH/c1-9(2)14-20-12(16(3,4)22-14)13(18)19(15(20)21)11-7-5-10(17)6-8-11;/h5-9,12,14,18H,1-4H3;1H. The number of rotatable bonds is 2. The van der Waals surface area contributed by atoms with Crippen LogP contribution in [0, 0.1) is 5.92 Å². The Kier molecular flexibility index (Phi) is 5.10. The maximum atomic E-state index is 13.0. The average Bonchev–Trinajstić information content (AvgIpc) is 2.86. The van der Waals surface area contributed by atoms with Gasteiger partial charge in [0, 0.05) is 4.47 Å². The maximum Gasteiger partial charge on any atom is 0.445 e. The molecule has 0 aliphatic carbocycles. The van der Waals surface area contributed by atoms with Gasteiger partial charge in [0.05, 0.1) is 4.75 Å². The number of nitrogens with zero attached hydrogens (tertiary/aromatic N) is 2. The number of thioether (sulfide) groups is 1. The summed E-state index contributed by atoms with van der Waals surface area (Å²) < 4.78 is 2.56. The van der Waals surface area contributed by atoms with E-state index in [4.69, 9.17) is 5.73 Å². The zero-order valence-electron chi connectivity index (χ0n) is 13.6. The lowest BCUT2D eigenvalue weighted by atomic mass is 10.0. The Morgan fingerprint density at radius 3 is 2.39 bits per heavy atom. The van der Waals surface area contributed by atoms with Crippen molar-refractivity contribution in [1.82, 2.24) is 4.90 Å². The lowest BCUT2D eigenvalue weighted by Crippen LogP contribution is -3.00. The number of nitrogens with two attached hydrogens (primary N) is 1. The van der Waals surface area contributed by atoms with Gasteiger partial charge in [0.1, 0.15) is 11.1 Å². The van der Waals surface area contributed by atoms with Crippen molar-refractivity contribution in [2.45, 2.75) is 43.9 Å². The monoisotopic (exact) mass is 417 g/mol. The fourth-order valence-electron chi connectivity index (χ4n) is 3.29. The summed E-state index contributed by atoms with van der Waals surface area (Å²) in [7, 11) is 0. The average molecular weight is 419 g/mol. The minimum Gasteiger partial charge on any atom is -1.00 e. The molecule has 2 unspecified atom stereocenters. The van der Waals surface area contributed by atoms with Crippen LogP contribution in [0.1, 0.15) is 27.7 Å². The quantitative estimate of drug-likeness (QED) is 0.722. The van der Waals surface area contributed by atoms with E-state index in [1.807, 2.05) is 40.9 Å². The summed E-state index contributed by atoms with van der Waals surface area (Å²) in [5.74, 6) is 1.02. The molecule has 1 saturated heterocycles. The van der Waals surface area contributed by atoms with Gasteiger partial charge in [0.25, 0.3) is 0 Å². The molecule has 7 heteroatoms. The molecule has 3 rings (SSSR count). The summed E-state index contributed by atoms with van der Waals surface area (Å²) in [5, 5.41) is 0.159. The van der Waals surface area contributed by atoms with Crippen LogP contribution >= 0.6 is 27.7 Å². The molecule has 0 aromatic heterocycles. The highest BCUT2D eigenvalue weighted by Gasteiger charge is 2.62. The Labute approximate surface area is 156 Å². The van der Waals surface area contributed by atoms with Crippen molar-refractivity contribution in [3.8, 4) is 0 Å². The van der Waals surface area contributed by atoms with Crippen LogP contribution in [0.25, 0.3) is 0 Å². The Morgan fingerprint density at radius 1 is 1.30 bits per heavy atom. The second kappa shape index (κ2) is 6.30. The molecular weight excluding hydrogens is 398 g/mol. The van der Waals surface area contributed by atoms with Gasteiger partial charge < -0.3 is 18.1 Å². The highest BCUT2D eigenvalue weighted by atomic mass is 79.9. The first-order valence-electron chi connectivity index (χ1n) is 7.42. The zero-order valence-corrected chi connectivity index (χ0v) is 16.7. The number of halogens is 2. The van der Waals surface area contributed by atoms with E-state index in [1.54, 1.807) is 4.58 Å². The van der Waals surface area contributed by atoms with Gasteiger partial charge in [-0.25, -0.2) is 9.69 Å². The molecule has 0 saturated carbocycles. The first-order valence-corrected chi connectivity index (χ1v) is 9.09.